The molecule has 180 valence electrons. The number of sulfone groups is 1. The van der Waals surface area contributed by atoms with Crippen LogP contribution in [0.25, 0.3) is 0 Å². The standard InChI is InChI=1S/C26H16Cl6O2S/c27-19-13-23(31)21(29)11-17(19)25(15-7-3-1-4-8-15)35(33,34)26(16-9-5-2-6-10-16)18-12-22(30)24(32)14-20(18)28/h1-14,25-26H. The number of benzene rings is 4. The molecule has 9 heteroatoms. The lowest BCUT2D eigenvalue weighted by molar-refractivity contribution is 0.582. The normalized spacial score (nSPS) is 13.4. The first kappa shape index (κ1) is 26.6. The first-order valence-electron chi connectivity index (χ1n) is 10.2. The Morgan fingerprint density at radius 2 is 0.771 bits per heavy atom. The minimum absolute atomic E-state index is 0.170. The number of hydrogen-bond donors (Lipinski definition) is 0. The Kier molecular flexibility index (Phi) is 8.29. The number of rotatable bonds is 6. The largest absolute Gasteiger partial charge is 0.227 e. The maximum absolute atomic E-state index is 14.7. The lowest BCUT2D eigenvalue weighted by Crippen LogP contribution is -2.24. The summed E-state index contributed by atoms with van der Waals surface area (Å²) in [7, 11) is -4.15. The molecule has 0 radical (unpaired) electrons. The summed E-state index contributed by atoms with van der Waals surface area (Å²) in [4.78, 5) is 0. The third-order valence-electron chi connectivity index (χ3n) is 5.51. The second-order valence-corrected chi connectivity index (χ2v) is 12.3. The van der Waals surface area contributed by atoms with Gasteiger partial charge in [-0.2, -0.15) is 0 Å². The summed E-state index contributed by atoms with van der Waals surface area (Å²) in [6.07, 6.45) is 0. The van der Waals surface area contributed by atoms with Gasteiger partial charge in [-0.25, -0.2) is 8.42 Å². The van der Waals surface area contributed by atoms with Gasteiger partial charge in [0.1, 0.15) is 10.5 Å². The molecule has 0 saturated heterocycles. The summed E-state index contributed by atoms with van der Waals surface area (Å²) in [6, 6.07) is 23.4. The molecule has 0 aromatic heterocycles. The predicted octanol–water partition coefficient (Wildman–Crippen LogP) is 9.90. The van der Waals surface area contributed by atoms with E-state index in [2.05, 4.69) is 0 Å². The highest BCUT2D eigenvalue weighted by Gasteiger charge is 2.40. The molecule has 0 spiro atoms. The topological polar surface area (TPSA) is 34.1 Å². The Labute approximate surface area is 234 Å². The van der Waals surface area contributed by atoms with Crippen molar-refractivity contribution in [3.05, 3.63) is 137 Å². The average Bonchev–Trinajstić information content (AvgIpc) is 2.82. The molecule has 0 amide bonds. The minimum Gasteiger partial charge on any atom is -0.227 e. The molecule has 0 N–H and O–H groups in total. The van der Waals surface area contributed by atoms with Gasteiger partial charge >= 0.3 is 0 Å². The van der Waals surface area contributed by atoms with Crippen LogP contribution in [0.1, 0.15) is 32.8 Å². The number of halogens is 6. The van der Waals surface area contributed by atoms with Crippen molar-refractivity contribution in [1.82, 2.24) is 0 Å². The Morgan fingerprint density at radius 3 is 1.11 bits per heavy atom. The third kappa shape index (κ3) is 5.47. The van der Waals surface area contributed by atoms with E-state index in [9.17, 15) is 8.42 Å². The fraction of sp³-hybridized carbons (Fsp3) is 0.0769. The SMILES string of the molecule is O=S(=O)(C(c1ccccc1)c1cc(Cl)c(Cl)cc1Cl)C(c1ccccc1)c1cc(Cl)c(Cl)cc1Cl. The summed E-state index contributed by atoms with van der Waals surface area (Å²) in [6.45, 7) is 0. The van der Waals surface area contributed by atoms with Crippen LogP contribution in [0.2, 0.25) is 30.1 Å². The van der Waals surface area contributed by atoms with E-state index in [1.54, 1.807) is 60.7 Å². The molecule has 4 aromatic rings. The molecule has 4 aromatic carbocycles. The molecule has 0 aliphatic rings. The lowest BCUT2D eigenvalue weighted by Gasteiger charge is -2.28. The predicted molar refractivity (Wildman–Crippen MR) is 148 cm³/mol. The summed E-state index contributed by atoms with van der Waals surface area (Å²) in [5, 5.41) is -1.23. The molecule has 0 aliphatic heterocycles. The molecule has 0 heterocycles. The highest BCUT2D eigenvalue weighted by molar-refractivity contribution is 7.92. The molecule has 2 nitrogen and oxygen atoms in total. The van der Waals surface area contributed by atoms with E-state index >= 15 is 0 Å². The van der Waals surface area contributed by atoms with Gasteiger partial charge in [-0.1, -0.05) is 130 Å². The van der Waals surface area contributed by atoms with Crippen LogP contribution in [-0.4, -0.2) is 8.42 Å². The first-order chi connectivity index (χ1) is 16.6. The Balaban J connectivity index is 2.05. The second kappa shape index (κ2) is 10.9. The van der Waals surface area contributed by atoms with Crippen LogP contribution in [0.3, 0.4) is 0 Å². The van der Waals surface area contributed by atoms with Gasteiger partial charge in [0.05, 0.1) is 20.1 Å². The molecular weight excluding hydrogens is 589 g/mol. The van der Waals surface area contributed by atoms with Gasteiger partial charge in [0, 0.05) is 10.0 Å². The Hall–Kier alpha value is -1.43. The fourth-order valence-electron chi connectivity index (χ4n) is 3.96. The average molecular weight is 605 g/mol. The highest BCUT2D eigenvalue weighted by Crippen LogP contribution is 2.47. The second-order valence-electron chi connectivity index (χ2n) is 7.75. The van der Waals surface area contributed by atoms with Gasteiger partial charge in [0.15, 0.2) is 9.84 Å². The van der Waals surface area contributed by atoms with E-state index in [4.69, 9.17) is 69.6 Å². The van der Waals surface area contributed by atoms with Crippen molar-refractivity contribution >= 4 is 79.4 Å². The van der Waals surface area contributed by atoms with Crippen molar-refractivity contribution in [1.29, 1.82) is 0 Å². The fourth-order valence-corrected chi connectivity index (χ4v) is 7.86. The highest BCUT2D eigenvalue weighted by atomic mass is 35.5. The smallest absolute Gasteiger partial charge is 0.172 e. The molecule has 35 heavy (non-hydrogen) atoms. The zero-order valence-corrected chi connectivity index (χ0v) is 23.1. The van der Waals surface area contributed by atoms with Crippen LogP contribution in [0.5, 0.6) is 0 Å². The van der Waals surface area contributed by atoms with Crippen LogP contribution in [0, 0.1) is 0 Å². The Bertz CT molecular complexity index is 1370. The quantitative estimate of drug-likeness (QED) is 0.205. The van der Waals surface area contributed by atoms with Gasteiger partial charge < -0.3 is 0 Å². The van der Waals surface area contributed by atoms with Crippen molar-refractivity contribution in [2.45, 2.75) is 10.5 Å². The van der Waals surface area contributed by atoms with Gasteiger partial charge in [-0.15, -0.1) is 0 Å². The molecule has 0 bridgehead atoms. The van der Waals surface area contributed by atoms with Gasteiger partial charge in [0.25, 0.3) is 0 Å². The molecule has 2 unspecified atom stereocenters. The van der Waals surface area contributed by atoms with Crippen molar-refractivity contribution < 1.29 is 8.42 Å². The zero-order chi connectivity index (χ0) is 25.3. The van der Waals surface area contributed by atoms with E-state index < -0.39 is 20.3 Å². The van der Waals surface area contributed by atoms with Crippen molar-refractivity contribution in [3.8, 4) is 0 Å². The summed E-state index contributed by atoms with van der Waals surface area (Å²) in [5.74, 6) is 0. The zero-order valence-electron chi connectivity index (χ0n) is 17.7. The Morgan fingerprint density at radius 1 is 0.457 bits per heavy atom. The van der Waals surface area contributed by atoms with Gasteiger partial charge in [-0.05, 0) is 46.5 Å². The van der Waals surface area contributed by atoms with E-state index in [1.165, 1.54) is 24.3 Å². The summed E-state index contributed by atoms with van der Waals surface area (Å²) in [5.41, 5.74) is 1.60. The van der Waals surface area contributed by atoms with Crippen LogP contribution in [0.15, 0.2) is 84.9 Å². The maximum atomic E-state index is 14.7. The third-order valence-corrected chi connectivity index (χ3v) is 9.97. The minimum atomic E-state index is -4.15. The lowest BCUT2D eigenvalue weighted by atomic mass is 10.0. The summed E-state index contributed by atoms with van der Waals surface area (Å²) >= 11 is 38.0. The van der Waals surface area contributed by atoms with E-state index in [0.717, 1.165) is 0 Å². The van der Waals surface area contributed by atoms with Crippen molar-refractivity contribution in [2.24, 2.45) is 0 Å². The van der Waals surface area contributed by atoms with Crippen LogP contribution in [0.4, 0.5) is 0 Å². The van der Waals surface area contributed by atoms with Crippen molar-refractivity contribution in [2.75, 3.05) is 0 Å². The molecule has 4 rings (SSSR count). The van der Waals surface area contributed by atoms with E-state index in [1.807, 2.05) is 0 Å². The molecular formula is C26H16Cl6O2S. The number of hydrogen-bond acceptors (Lipinski definition) is 2. The van der Waals surface area contributed by atoms with Crippen molar-refractivity contribution in [3.63, 3.8) is 0 Å². The first-order valence-corrected chi connectivity index (χ1v) is 14.1. The molecule has 0 saturated carbocycles. The maximum Gasteiger partial charge on any atom is 0.172 e. The monoisotopic (exact) mass is 602 g/mol. The van der Waals surface area contributed by atoms with Crippen LogP contribution >= 0.6 is 69.6 Å². The summed E-state index contributed by atoms with van der Waals surface area (Å²) < 4.78 is 29.3. The molecule has 0 aliphatic carbocycles. The van der Waals surface area contributed by atoms with Crippen LogP contribution < -0.4 is 0 Å². The van der Waals surface area contributed by atoms with Gasteiger partial charge in [-0.3, -0.25) is 0 Å². The molecule has 2 atom stereocenters. The van der Waals surface area contributed by atoms with Gasteiger partial charge in [0.2, 0.25) is 0 Å². The van der Waals surface area contributed by atoms with E-state index in [-0.39, 0.29) is 30.1 Å². The van der Waals surface area contributed by atoms with E-state index in [0.29, 0.717) is 22.3 Å². The molecule has 0 fully saturated rings. The van der Waals surface area contributed by atoms with Crippen LogP contribution in [-0.2, 0) is 9.84 Å².